The number of nitrogens with one attached hydrogen (secondary N) is 13. The number of aliphatic carboxylic acids is 1. The summed E-state index contributed by atoms with van der Waals surface area (Å²) in [5, 5.41) is 67.1. The van der Waals surface area contributed by atoms with Gasteiger partial charge in [-0.2, -0.15) is 0 Å². The quantitative estimate of drug-likeness (QED) is 0.0115. The number of hydrogen-bond acceptors (Lipinski definition) is 20. The molecule has 0 bridgehead atoms. The third kappa shape index (κ3) is 28.8. The number of rotatable bonds is 27. The van der Waals surface area contributed by atoms with Crippen LogP contribution in [0.2, 0.25) is 0 Å². The number of hydrogen-bond donors (Lipinski definition) is 20. The van der Waals surface area contributed by atoms with Crippen molar-refractivity contribution >= 4 is 121 Å². The summed E-state index contributed by atoms with van der Waals surface area (Å²) in [6.07, 6.45) is -2.25. The minimum atomic E-state index is -1.76. The van der Waals surface area contributed by atoms with Crippen molar-refractivity contribution in [3.8, 4) is 11.5 Å². The van der Waals surface area contributed by atoms with Crippen LogP contribution in [0.5, 0.6) is 11.5 Å². The minimum absolute atomic E-state index is 0.0213. The van der Waals surface area contributed by atoms with Crippen LogP contribution >= 0.6 is 21.6 Å². The molecule has 0 radical (unpaired) electrons. The van der Waals surface area contributed by atoms with Crippen molar-refractivity contribution in [2.24, 2.45) is 28.9 Å². The fourth-order valence-corrected chi connectivity index (χ4v) is 13.6. The number of H-pyrrole nitrogens is 1. The number of aromatic nitrogens is 1. The van der Waals surface area contributed by atoms with Crippen LogP contribution in [0.1, 0.15) is 87.5 Å². The van der Waals surface area contributed by atoms with Gasteiger partial charge in [0.2, 0.25) is 76.8 Å². The van der Waals surface area contributed by atoms with Gasteiger partial charge in [-0.1, -0.05) is 108 Å². The molecule has 1 aliphatic rings. The normalized spacial score (nSPS) is 20.3. The molecule has 0 aliphatic carbocycles. The lowest BCUT2D eigenvalue weighted by molar-refractivity contribution is -0.138. The highest BCUT2D eigenvalue weighted by Gasteiger charge is 2.37. The van der Waals surface area contributed by atoms with Crippen LogP contribution in [-0.4, -0.2) is 206 Å². The Morgan fingerprint density at radius 3 is 1.82 bits per heavy atom. The zero-order valence-electron chi connectivity index (χ0n) is 59.5. The van der Waals surface area contributed by atoms with Crippen LogP contribution < -0.4 is 81.4 Å². The van der Waals surface area contributed by atoms with Crippen molar-refractivity contribution in [2.75, 3.05) is 37.7 Å². The second-order valence-electron chi connectivity index (χ2n) is 25.8. The van der Waals surface area contributed by atoms with E-state index in [4.69, 9.17) is 28.3 Å². The molecule has 108 heavy (non-hydrogen) atoms. The highest BCUT2D eigenvalue weighted by molar-refractivity contribution is 8.76. The second kappa shape index (κ2) is 43.2. The summed E-state index contributed by atoms with van der Waals surface area (Å²) >= 11 is 0. The Morgan fingerprint density at radius 2 is 1.19 bits per heavy atom. The van der Waals surface area contributed by atoms with E-state index in [1.807, 2.05) is 0 Å². The molecule has 1 aliphatic heterocycles. The Kier molecular flexibility index (Phi) is 34.2. The fourth-order valence-electron chi connectivity index (χ4n) is 11.2. The summed E-state index contributed by atoms with van der Waals surface area (Å²) < 4.78 is 0. The van der Waals surface area contributed by atoms with Crippen LogP contribution in [0, 0.1) is 11.3 Å². The molecule has 582 valence electrons. The van der Waals surface area contributed by atoms with Crippen molar-refractivity contribution in [3.63, 3.8) is 0 Å². The highest BCUT2D eigenvalue weighted by atomic mass is 33.1. The highest BCUT2D eigenvalue weighted by Crippen LogP contribution is 2.25. The third-order valence-electron chi connectivity index (χ3n) is 17.0. The summed E-state index contributed by atoms with van der Waals surface area (Å²) in [5.41, 5.74) is 25.2. The molecule has 5 aromatic rings. The van der Waals surface area contributed by atoms with E-state index in [0.29, 0.717) is 33.2 Å². The number of carboxylic acids is 1. The first-order valence-electron chi connectivity index (χ1n) is 34.7. The van der Waals surface area contributed by atoms with Crippen LogP contribution in [0.25, 0.3) is 10.9 Å². The van der Waals surface area contributed by atoms with Gasteiger partial charge in [-0.3, -0.25) is 72.5 Å². The summed E-state index contributed by atoms with van der Waals surface area (Å²) in [7, 11) is 1.67. The first-order chi connectivity index (χ1) is 51.5. The molecule has 1 aromatic heterocycles. The van der Waals surface area contributed by atoms with E-state index in [2.05, 4.69) is 63.5 Å². The van der Waals surface area contributed by atoms with Crippen molar-refractivity contribution in [1.82, 2.24) is 68.4 Å². The molecule has 0 spiro atoms. The van der Waals surface area contributed by atoms with Crippen LogP contribution in [0.4, 0.5) is 0 Å². The third-order valence-corrected chi connectivity index (χ3v) is 19.4. The number of amides is 13. The number of carbonyl (C=O) groups excluding carboxylic acids is 13. The second-order valence-corrected chi connectivity index (χ2v) is 28.4. The first-order valence-corrected chi connectivity index (χ1v) is 37.2. The van der Waals surface area contributed by atoms with Gasteiger partial charge in [0.15, 0.2) is 5.96 Å². The SMILES string of the molecule is CC(C)[C@@H]1NC(=O)[C@@H](NC(=O)[C@H](Cc2ccc(O)cc2)NC(=O)CN(Cc2ccccc2)C(=O)CCN)CSSC[C@@H](C(N)=O)NC(=O)[C@H](CCC(=O)O)NC(=O)[C@H](Cc2c[nH]c3ccccc23)NC(=O)[C@H](CCC(N)=O)NC(=O)CCNC(=O)[C@H](CCCNC(=N)N)NC(=O)[C@H](Cc2ccc(O)cc2)NC1=O. The smallest absolute Gasteiger partial charge is 0.303 e. The van der Waals surface area contributed by atoms with E-state index >= 15 is 4.79 Å². The maximum absolute atomic E-state index is 15.1. The van der Waals surface area contributed by atoms with Crippen molar-refractivity contribution in [1.29, 1.82) is 5.41 Å². The molecule has 6 rings (SSSR count). The number of para-hydroxylation sites is 1. The van der Waals surface area contributed by atoms with Crippen molar-refractivity contribution < 1.29 is 82.4 Å². The Morgan fingerprint density at radius 1 is 0.620 bits per heavy atom. The van der Waals surface area contributed by atoms with Gasteiger partial charge in [0.25, 0.3) is 0 Å². The molecule has 1 fully saturated rings. The maximum atomic E-state index is 15.1. The number of guanidine groups is 1. The van der Waals surface area contributed by atoms with Gasteiger partial charge in [0.1, 0.15) is 65.9 Å². The van der Waals surface area contributed by atoms with Gasteiger partial charge < -0.3 is 107 Å². The number of carboxylic acid groups (broad SMARTS) is 1. The monoisotopic (exact) mass is 1530 g/mol. The average molecular weight is 1540 g/mol. The predicted octanol–water partition coefficient (Wildman–Crippen LogP) is -2.22. The van der Waals surface area contributed by atoms with Crippen molar-refractivity contribution in [3.05, 3.63) is 132 Å². The lowest BCUT2D eigenvalue weighted by Gasteiger charge is -2.29. The first kappa shape index (κ1) is 85.5. The topological polar surface area (TPSA) is 579 Å². The Hall–Kier alpha value is -11.5. The molecule has 24 N–H and O–H groups in total. The molecule has 13 amide bonds. The Labute approximate surface area is 629 Å². The molecule has 0 unspecified atom stereocenters. The van der Waals surface area contributed by atoms with Gasteiger partial charge >= 0.3 is 5.97 Å². The van der Waals surface area contributed by atoms with E-state index in [1.54, 1.807) is 74.6 Å². The molecule has 37 heteroatoms. The van der Waals surface area contributed by atoms with Crippen LogP contribution in [0.3, 0.4) is 0 Å². The molecule has 4 aromatic carbocycles. The van der Waals surface area contributed by atoms with Gasteiger partial charge in [0.05, 0.1) is 6.54 Å². The Balaban J connectivity index is 1.42. The van der Waals surface area contributed by atoms with E-state index in [0.717, 1.165) is 21.6 Å². The summed E-state index contributed by atoms with van der Waals surface area (Å²) in [6, 6.07) is 12.4. The number of primary amides is 2. The van der Waals surface area contributed by atoms with Gasteiger partial charge in [-0.15, -0.1) is 0 Å². The van der Waals surface area contributed by atoms with Crippen molar-refractivity contribution in [2.45, 2.75) is 145 Å². The molecular weight excluding hydrogens is 1440 g/mol. The molecule has 0 saturated carbocycles. The number of nitrogens with two attached hydrogens (primary N) is 4. The molecule has 9 atom stereocenters. The maximum Gasteiger partial charge on any atom is 0.303 e. The largest absolute Gasteiger partial charge is 0.508 e. The van der Waals surface area contributed by atoms with Gasteiger partial charge in [0, 0.05) is 99.7 Å². The molecule has 1 saturated heterocycles. The number of nitrogens with zero attached hydrogens (tertiary/aromatic N) is 1. The van der Waals surface area contributed by atoms with Crippen LogP contribution in [0.15, 0.2) is 109 Å². The lowest BCUT2D eigenvalue weighted by Crippen LogP contribution is -2.61. The van der Waals surface area contributed by atoms with E-state index in [1.165, 1.54) is 53.4 Å². The fraction of sp³-hybridized carbons (Fsp3) is 0.423. The molecule has 35 nitrogen and oxygen atoms in total. The summed E-state index contributed by atoms with van der Waals surface area (Å²) in [4.78, 5) is 201. The number of fused-ring (bicyclic) bond motifs is 1. The number of carbonyl (C=O) groups is 14. The number of aromatic amines is 1. The number of phenolic OH excluding ortho intramolecular Hbond substituents is 2. The van der Waals surface area contributed by atoms with E-state index in [-0.39, 0.29) is 69.7 Å². The molecule has 2 heterocycles. The predicted molar refractivity (Wildman–Crippen MR) is 400 cm³/mol. The zero-order valence-corrected chi connectivity index (χ0v) is 61.2. The molecular formula is C71H94N18O17S2. The van der Waals surface area contributed by atoms with Gasteiger partial charge in [-0.05, 0) is 84.2 Å². The minimum Gasteiger partial charge on any atom is -0.508 e. The zero-order chi connectivity index (χ0) is 79.0. The number of aromatic hydroxyl groups is 2. The van der Waals surface area contributed by atoms with Crippen LogP contribution in [-0.2, 0) is 92.9 Å². The number of phenols is 2. The standard InChI is InChI=1S/C71H94N18O17S2/c1-39(2)61-70(106)85-52(32-41-16-20-45(91)21-17-41)67(103)82-48(13-8-29-78-71(75)76)63(99)77-30-27-57(93)80-49(22-24-56(73)92)64(100)84-53(33-43-34-79-47-12-7-6-11-46(43)47)68(104)83-50(23-25-60(96)97)65(101)86-54(62(74)98)37-107-108-38-55(69(105)88-61)87-66(102)51(31-40-14-18-44(90)19-15-40)81-58(94)36-89(59(95)26-28-72)35-42-9-4-3-5-10-42/h3-7,9-12,14-21,34,39,48-55,61,79,90-91H,8,13,22-33,35-38,72H2,1-2H3,(H2,73,92)(H2,74,98)(H,77,99)(H,80,93)(H,81,94)(H,82,103)(H,83,104)(H,84,100)(H,85,106)(H,86,101)(H,87,102)(H,88,105)(H,96,97)(H4,75,76,78)/t48-,49-,50-,51-,52-,53-,54-,55-,61-/m0/s1. The number of benzene rings is 4. The lowest BCUT2D eigenvalue weighted by atomic mass is 10.00. The summed E-state index contributed by atoms with van der Waals surface area (Å²) in [6.45, 7) is 2.06. The van der Waals surface area contributed by atoms with E-state index in [9.17, 15) is 77.6 Å². The van der Waals surface area contributed by atoms with E-state index < -0.39 is 206 Å². The average Bonchev–Trinajstić information content (AvgIpc) is 1.49. The summed E-state index contributed by atoms with van der Waals surface area (Å²) in [5.74, 6) is -15.9. The Bertz CT molecular complexity index is 3980. The van der Waals surface area contributed by atoms with Gasteiger partial charge in [-0.25, -0.2) is 0 Å².